The number of nitrogens with zero attached hydrogens (tertiary/aromatic N) is 3. The molecule has 0 atom stereocenters. The van der Waals surface area contributed by atoms with Gasteiger partial charge in [0.1, 0.15) is 11.2 Å². The second-order valence-corrected chi connectivity index (χ2v) is 10.4. The number of para-hydroxylation sites is 5. The van der Waals surface area contributed by atoms with E-state index >= 15 is 0 Å². The van der Waals surface area contributed by atoms with E-state index in [2.05, 4.69) is 117 Å². The van der Waals surface area contributed by atoms with E-state index < -0.39 is 0 Å². The molecule has 9 rings (SSSR count). The molecule has 0 amide bonds. The van der Waals surface area contributed by atoms with Gasteiger partial charge in [0.2, 0.25) is 5.69 Å². The summed E-state index contributed by atoms with van der Waals surface area (Å²) in [6.07, 6.45) is 0. The van der Waals surface area contributed by atoms with E-state index in [4.69, 9.17) is 11.0 Å². The van der Waals surface area contributed by atoms with Gasteiger partial charge in [0.15, 0.2) is 0 Å². The third kappa shape index (κ3) is 2.87. The van der Waals surface area contributed by atoms with Gasteiger partial charge in [0.05, 0.1) is 40.0 Å². The molecule has 190 valence electrons. The van der Waals surface area contributed by atoms with Crippen molar-refractivity contribution in [1.29, 1.82) is 0 Å². The second kappa shape index (κ2) is 8.11. The first-order valence-electron chi connectivity index (χ1n) is 13.7. The van der Waals surface area contributed by atoms with Gasteiger partial charge in [0, 0.05) is 38.4 Å². The fourth-order valence-corrected chi connectivity index (χ4v) is 6.69. The Balaban J connectivity index is 1.58. The van der Waals surface area contributed by atoms with Gasteiger partial charge in [-0.05, 0) is 30.3 Å². The zero-order valence-electron chi connectivity index (χ0n) is 21.9. The normalized spacial score (nSPS) is 11.9. The molecule has 0 aliphatic carbocycles. The Bertz CT molecular complexity index is 2450. The van der Waals surface area contributed by atoms with Gasteiger partial charge >= 0.3 is 0 Å². The number of hydrogen-bond acceptors (Lipinski definition) is 1. The molecule has 6 aromatic carbocycles. The Hall–Kier alpha value is -5.79. The molecule has 0 saturated carbocycles. The summed E-state index contributed by atoms with van der Waals surface area (Å²) in [5.74, 6) is 0. The molecule has 3 aromatic heterocycles. The predicted molar refractivity (Wildman–Crippen MR) is 169 cm³/mol. The minimum absolute atomic E-state index is 0.579. The van der Waals surface area contributed by atoms with Crippen LogP contribution in [0.1, 0.15) is 0 Å². The standard InChI is InChI=1S/C37H21N3O/c1-38-36-35-27-16-6-11-21-33(27)41-34(35)22-32(39-28-17-7-2-12-23(28)24-13-3-8-18-29(24)39)37(36)40-30-19-9-4-14-25(30)26-15-5-10-20-31(26)40/h2-22H. The van der Waals surface area contributed by atoms with Crippen molar-refractivity contribution in [1.82, 2.24) is 9.13 Å². The maximum absolute atomic E-state index is 8.61. The molecule has 0 aliphatic heterocycles. The summed E-state index contributed by atoms with van der Waals surface area (Å²) in [4.78, 5) is 4.28. The summed E-state index contributed by atoms with van der Waals surface area (Å²) in [5, 5.41) is 6.45. The first-order chi connectivity index (χ1) is 20.3. The SMILES string of the molecule is [C-]#[N+]c1c(-n2c3ccccc3c3ccccc32)c(-n2c3ccccc3c3ccccc32)cc2oc3ccccc3c12. The molecule has 0 unspecified atom stereocenters. The van der Waals surface area contributed by atoms with Crippen LogP contribution < -0.4 is 0 Å². The quantitative estimate of drug-likeness (QED) is 0.207. The van der Waals surface area contributed by atoms with Crippen LogP contribution in [0.25, 0.3) is 81.8 Å². The Morgan fingerprint density at radius 1 is 0.488 bits per heavy atom. The highest BCUT2D eigenvalue weighted by atomic mass is 16.3. The Morgan fingerprint density at radius 3 is 1.44 bits per heavy atom. The van der Waals surface area contributed by atoms with Gasteiger partial charge in [-0.15, -0.1) is 0 Å². The molecule has 0 saturated heterocycles. The van der Waals surface area contributed by atoms with E-state index in [1.807, 2.05) is 24.3 Å². The molecule has 0 fully saturated rings. The first kappa shape index (κ1) is 22.1. The van der Waals surface area contributed by atoms with Gasteiger partial charge < -0.3 is 13.6 Å². The smallest absolute Gasteiger partial charge is 0.224 e. The lowest BCUT2D eigenvalue weighted by Gasteiger charge is -2.19. The van der Waals surface area contributed by atoms with Crippen LogP contribution in [-0.4, -0.2) is 9.13 Å². The third-order valence-corrected chi connectivity index (χ3v) is 8.33. The van der Waals surface area contributed by atoms with Crippen molar-refractivity contribution in [2.24, 2.45) is 0 Å². The minimum atomic E-state index is 0.579. The zero-order chi connectivity index (χ0) is 27.1. The molecule has 3 heterocycles. The van der Waals surface area contributed by atoms with E-state index in [-0.39, 0.29) is 0 Å². The highest BCUT2D eigenvalue weighted by Crippen LogP contribution is 2.47. The van der Waals surface area contributed by atoms with Crippen LogP contribution in [0.15, 0.2) is 132 Å². The molecule has 9 aromatic rings. The van der Waals surface area contributed by atoms with Gasteiger partial charge in [-0.25, -0.2) is 4.85 Å². The first-order valence-corrected chi connectivity index (χ1v) is 13.7. The average Bonchev–Trinajstić information content (AvgIpc) is 3.68. The largest absolute Gasteiger partial charge is 0.457 e. The topological polar surface area (TPSA) is 27.4 Å². The third-order valence-electron chi connectivity index (χ3n) is 8.33. The Morgan fingerprint density at radius 2 is 0.927 bits per heavy atom. The van der Waals surface area contributed by atoms with Gasteiger partial charge in [-0.3, -0.25) is 0 Å². The van der Waals surface area contributed by atoms with Crippen molar-refractivity contribution in [3.63, 3.8) is 0 Å². The van der Waals surface area contributed by atoms with Crippen LogP contribution in [0.5, 0.6) is 0 Å². The van der Waals surface area contributed by atoms with Gasteiger partial charge in [-0.1, -0.05) is 91.0 Å². The summed E-state index contributed by atoms with van der Waals surface area (Å²) in [5.41, 5.74) is 8.12. The monoisotopic (exact) mass is 523 g/mol. The molecule has 0 bridgehead atoms. The van der Waals surface area contributed by atoms with Crippen LogP contribution in [0.3, 0.4) is 0 Å². The fourth-order valence-electron chi connectivity index (χ4n) is 6.69. The summed E-state index contributed by atoms with van der Waals surface area (Å²) in [6.45, 7) is 8.61. The van der Waals surface area contributed by atoms with Crippen LogP contribution in [-0.2, 0) is 0 Å². The molecular weight excluding hydrogens is 502 g/mol. The van der Waals surface area contributed by atoms with Crippen molar-refractivity contribution in [3.8, 4) is 11.4 Å². The summed E-state index contributed by atoms with van der Waals surface area (Å²) in [7, 11) is 0. The maximum atomic E-state index is 8.61. The van der Waals surface area contributed by atoms with Crippen molar-refractivity contribution in [3.05, 3.63) is 139 Å². The fraction of sp³-hybridized carbons (Fsp3) is 0. The van der Waals surface area contributed by atoms with E-state index in [1.165, 1.54) is 10.8 Å². The highest BCUT2D eigenvalue weighted by Gasteiger charge is 2.26. The number of benzene rings is 6. The number of rotatable bonds is 2. The lowest BCUT2D eigenvalue weighted by Crippen LogP contribution is -2.04. The molecule has 0 spiro atoms. The summed E-state index contributed by atoms with van der Waals surface area (Å²) >= 11 is 0. The van der Waals surface area contributed by atoms with Gasteiger partial charge in [0.25, 0.3) is 0 Å². The molecule has 4 heteroatoms. The maximum Gasteiger partial charge on any atom is 0.224 e. The number of aromatic nitrogens is 2. The highest BCUT2D eigenvalue weighted by molar-refractivity contribution is 6.18. The summed E-state index contributed by atoms with van der Waals surface area (Å²) in [6, 6.07) is 44.0. The zero-order valence-corrected chi connectivity index (χ0v) is 21.9. The van der Waals surface area contributed by atoms with Crippen molar-refractivity contribution in [2.75, 3.05) is 0 Å². The Labute approximate surface area is 234 Å². The number of hydrogen-bond donors (Lipinski definition) is 0. The van der Waals surface area contributed by atoms with E-state index in [0.29, 0.717) is 11.3 Å². The molecule has 4 nitrogen and oxygen atoms in total. The summed E-state index contributed by atoms with van der Waals surface area (Å²) < 4.78 is 11.0. The van der Waals surface area contributed by atoms with Crippen molar-refractivity contribution in [2.45, 2.75) is 0 Å². The van der Waals surface area contributed by atoms with Crippen molar-refractivity contribution < 1.29 is 4.42 Å². The van der Waals surface area contributed by atoms with E-state index in [0.717, 1.165) is 60.6 Å². The number of fused-ring (bicyclic) bond motifs is 9. The van der Waals surface area contributed by atoms with E-state index in [9.17, 15) is 0 Å². The minimum Gasteiger partial charge on any atom is -0.457 e. The lowest BCUT2D eigenvalue weighted by atomic mass is 10.1. The molecular formula is C37H21N3O. The van der Waals surface area contributed by atoms with E-state index in [1.54, 1.807) is 0 Å². The van der Waals surface area contributed by atoms with Crippen LogP contribution in [0.2, 0.25) is 0 Å². The average molecular weight is 524 g/mol. The molecule has 0 aliphatic rings. The van der Waals surface area contributed by atoms with Gasteiger partial charge in [-0.2, -0.15) is 0 Å². The Kier molecular flexibility index (Phi) is 4.37. The second-order valence-electron chi connectivity index (χ2n) is 10.4. The molecule has 0 N–H and O–H groups in total. The number of furan rings is 1. The van der Waals surface area contributed by atoms with Crippen molar-refractivity contribution >= 4 is 71.2 Å². The molecule has 0 radical (unpaired) electrons. The van der Waals surface area contributed by atoms with Crippen LogP contribution in [0.4, 0.5) is 5.69 Å². The molecule has 41 heavy (non-hydrogen) atoms. The predicted octanol–water partition coefficient (Wildman–Crippen LogP) is 10.3. The van der Waals surface area contributed by atoms with Crippen LogP contribution >= 0.6 is 0 Å². The lowest BCUT2D eigenvalue weighted by molar-refractivity contribution is 0.668. The van der Waals surface area contributed by atoms with Crippen LogP contribution in [0, 0.1) is 6.57 Å².